The predicted octanol–water partition coefficient (Wildman–Crippen LogP) is 24.3. The number of unbranched alkanes of at least 4 members (excludes halogenated alkanes) is 53. The second kappa shape index (κ2) is 68.8. The number of quaternary nitrogens is 1. The molecule has 8 nitrogen and oxygen atoms in total. The fourth-order valence-electron chi connectivity index (χ4n) is 11.8. The van der Waals surface area contributed by atoms with Gasteiger partial charge in [0.1, 0.15) is 13.2 Å². The van der Waals surface area contributed by atoms with Crippen LogP contribution in [0.5, 0.6) is 0 Å². The SMILES string of the molecule is CCCCCCC/C=C\C/C=C\C/C=C\CCCCCCCCCCCCCCCCCCCCCCCCC(=O)NC(COP(=O)([O-])OCC[N+](C)(C)C)C(O)/C=C/CCCCCCCCCCCCCCCCCCCCCCCCCCCC. The maximum atomic E-state index is 13.1. The number of amides is 1. The van der Waals surface area contributed by atoms with Gasteiger partial charge in [-0.3, -0.25) is 9.36 Å². The average Bonchev–Trinajstić information content (AvgIpc) is 3.70. The number of hydrogen-bond donors (Lipinski definition) is 2. The molecule has 0 radical (unpaired) electrons. The minimum atomic E-state index is -4.61. The van der Waals surface area contributed by atoms with Gasteiger partial charge in [-0.25, -0.2) is 0 Å². The number of allylic oxidation sites excluding steroid dienone is 7. The van der Waals surface area contributed by atoms with Gasteiger partial charge >= 0.3 is 0 Å². The first kappa shape index (κ1) is 85.5. The van der Waals surface area contributed by atoms with Gasteiger partial charge in [0.15, 0.2) is 0 Å². The summed E-state index contributed by atoms with van der Waals surface area (Å²) in [5.74, 6) is -0.189. The summed E-state index contributed by atoms with van der Waals surface area (Å²) in [6.07, 6.45) is 94.0. The van der Waals surface area contributed by atoms with Crippen molar-refractivity contribution in [1.29, 1.82) is 0 Å². The summed E-state index contributed by atoms with van der Waals surface area (Å²) in [7, 11) is 1.28. The standard InChI is InChI=1S/C78H151N2O6P/c1-6-8-10-12-14-16-18-20-22-24-26-28-30-32-34-36-37-38-39-40-41-42-43-44-46-48-50-52-54-56-58-60-62-64-66-68-70-72-78(82)79-76(75-86-87(83,84)85-74-73-80(3,4)5)77(81)71-69-67-65-63-61-59-57-55-53-51-49-47-45-35-33-31-29-27-25-23-21-19-17-15-13-11-9-7-2/h18,20,24,26,30,32,69,71,76-77,81H,6-17,19,21-23,25,27-29,31,33-68,70,72-75H2,1-5H3,(H-,79,82,83,84)/b20-18-,26-24-,32-30-,71-69+. The van der Waals surface area contributed by atoms with Crippen LogP contribution in [0, 0.1) is 0 Å². The monoisotopic (exact) mass is 1240 g/mol. The molecule has 0 aromatic heterocycles. The minimum absolute atomic E-state index is 0.000855. The molecule has 0 spiro atoms. The summed E-state index contributed by atoms with van der Waals surface area (Å²) in [5.41, 5.74) is 0. The van der Waals surface area contributed by atoms with Crippen molar-refractivity contribution >= 4 is 13.7 Å². The second-order valence-electron chi connectivity index (χ2n) is 27.7. The van der Waals surface area contributed by atoms with Gasteiger partial charge in [0.25, 0.3) is 7.82 Å². The fourth-order valence-corrected chi connectivity index (χ4v) is 12.5. The number of hydrogen-bond acceptors (Lipinski definition) is 6. The van der Waals surface area contributed by atoms with Crippen molar-refractivity contribution in [2.24, 2.45) is 0 Å². The molecule has 3 atom stereocenters. The molecule has 0 aromatic rings. The van der Waals surface area contributed by atoms with Crippen molar-refractivity contribution in [3.05, 3.63) is 48.6 Å². The molecule has 87 heavy (non-hydrogen) atoms. The Bertz CT molecular complexity index is 1560. The van der Waals surface area contributed by atoms with E-state index in [1.807, 2.05) is 27.2 Å². The van der Waals surface area contributed by atoms with E-state index < -0.39 is 20.0 Å². The number of aliphatic hydroxyl groups is 1. The number of nitrogens with one attached hydrogen (secondary N) is 1. The Morgan fingerprint density at radius 2 is 0.667 bits per heavy atom. The molecule has 3 unspecified atom stereocenters. The highest BCUT2D eigenvalue weighted by molar-refractivity contribution is 7.45. The smallest absolute Gasteiger partial charge is 0.268 e. The fraction of sp³-hybridized carbons (Fsp3) is 0.885. The van der Waals surface area contributed by atoms with E-state index in [1.165, 1.54) is 321 Å². The van der Waals surface area contributed by atoms with Gasteiger partial charge in [0, 0.05) is 6.42 Å². The van der Waals surface area contributed by atoms with Gasteiger partial charge in [-0.05, 0) is 57.8 Å². The zero-order chi connectivity index (χ0) is 63.4. The van der Waals surface area contributed by atoms with Crippen LogP contribution in [0.4, 0.5) is 0 Å². The Morgan fingerprint density at radius 1 is 0.402 bits per heavy atom. The molecule has 9 heteroatoms. The Kier molecular flexibility index (Phi) is 67.6. The Hall–Kier alpha value is -1.54. The normalized spacial score (nSPS) is 13.8. The molecular formula is C78H151N2O6P. The lowest BCUT2D eigenvalue weighted by Gasteiger charge is -2.29. The van der Waals surface area contributed by atoms with E-state index in [-0.39, 0.29) is 19.1 Å². The summed E-state index contributed by atoms with van der Waals surface area (Å²) in [6, 6.07) is -0.888. The van der Waals surface area contributed by atoms with Crippen LogP contribution in [0.2, 0.25) is 0 Å². The number of carbonyl (C=O) groups is 1. The minimum Gasteiger partial charge on any atom is -0.756 e. The van der Waals surface area contributed by atoms with Gasteiger partial charge < -0.3 is 28.8 Å². The molecular weight excluding hydrogens is 1090 g/mol. The third-order valence-corrected chi connectivity index (χ3v) is 18.7. The number of phosphoric acid groups is 1. The van der Waals surface area contributed by atoms with E-state index in [1.54, 1.807) is 6.08 Å². The van der Waals surface area contributed by atoms with E-state index in [2.05, 4.69) is 55.6 Å². The molecule has 0 heterocycles. The number of rotatable bonds is 72. The van der Waals surface area contributed by atoms with Crippen LogP contribution in [-0.2, 0) is 18.4 Å². The van der Waals surface area contributed by atoms with Gasteiger partial charge in [-0.2, -0.15) is 0 Å². The van der Waals surface area contributed by atoms with Crippen molar-refractivity contribution in [1.82, 2.24) is 5.32 Å². The van der Waals surface area contributed by atoms with Crippen LogP contribution in [0.25, 0.3) is 0 Å². The number of likely N-dealkylation sites (N-methyl/N-ethyl adjacent to an activating group) is 1. The number of aliphatic hydroxyl groups excluding tert-OH is 1. The lowest BCUT2D eigenvalue weighted by Crippen LogP contribution is -2.45. The molecule has 1 amide bonds. The van der Waals surface area contributed by atoms with Crippen LogP contribution < -0.4 is 10.2 Å². The van der Waals surface area contributed by atoms with Crippen molar-refractivity contribution in [2.75, 3.05) is 40.9 Å². The first-order valence-corrected chi connectivity index (χ1v) is 40.0. The first-order valence-electron chi connectivity index (χ1n) is 38.5. The van der Waals surface area contributed by atoms with Gasteiger partial charge in [0.2, 0.25) is 5.91 Å². The van der Waals surface area contributed by atoms with Crippen LogP contribution in [-0.4, -0.2) is 68.5 Å². The van der Waals surface area contributed by atoms with Crippen LogP contribution in [0.3, 0.4) is 0 Å². The molecule has 0 bridgehead atoms. The largest absolute Gasteiger partial charge is 0.756 e. The molecule has 0 saturated carbocycles. The Balaban J connectivity index is 3.97. The zero-order valence-electron chi connectivity index (χ0n) is 59.0. The zero-order valence-corrected chi connectivity index (χ0v) is 59.9. The molecule has 0 aliphatic carbocycles. The average molecular weight is 1240 g/mol. The molecule has 0 saturated heterocycles. The summed E-state index contributed by atoms with van der Waals surface area (Å²) in [4.78, 5) is 25.7. The number of phosphoric ester groups is 1. The number of nitrogens with zero attached hydrogens (tertiary/aromatic N) is 1. The molecule has 0 fully saturated rings. The molecule has 0 rings (SSSR count). The predicted molar refractivity (Wildman–Crippen MR) is 381 cm³/mol. The molecule has 0 aliphatic heterocycles. The molecule has 0 aromatic carbocycles. The third kappa shape index (κ3) is 71.8. The van der Waals surface area contributed by atoms with Crippen LogP contribution in [0.15, 0.2) is 48.6 Å². The number of carbonyl (C=O) groups excluding carboxylic acids is 1. The summed E-state index contributed by atoms with van der Waals surface area (Å²) >= 11 is 0. The highest BCUT2D eigenvalue weighted by Crippen LogP contribution is 2.38. The van der Waals surface area contributed by atoms with Crippen molar-refractivity contribution in [2.45, 2.75) is 405 Å². The van der Waals surface area contributed by atoms with Crippen molar-refractivity contribution in [3.63, 3.8) is 0 Å². The second-order valence-corrected chi connectivity index (χ2v) is 29.1. The topological polar surface area (TPSA) is 108 Å². The summed E-state index contributed by atoms with van der Waals surface area (Å²) in [5, 5.41) is 14.0. The third-order valence-electron chi connectivity index (χ3n) is 17.8. The van der Waals surface area contributed by atoms with Crippen LogP contribution in [0.1, 0.15) is 393 Å². The van der Waals surface area contributed by atoms with Gasteiger partial charge in [-0.15, -0.1) is 0 Å². The Labute approximate surface area is 543 Å². The maximum Gasteiger partial charge on any atom is 0.268 e. The molecule has 0 aliphatic rings. The highest BCUT2D eigenvalue weighted by Gasteiger charge is 2.23. The molecule has 514 valence electrons. The quantitative estimate of drug-likeness (QED) is 0.0272. The van der Waals surface area contributed by atoms with E-state index in [4.69, 9.17) is 9.05 Å². The van der Waals surface area contributed by atoms with Crippen molar-refractivity contribution < 1.29 is 32.9 Å². The van der Waals surface area contributed by atoms with Gasteiger partial charge in [-0.1, -0.05) is 377 Å². The maximum absolute atomic E-state index is 13.1. The van der Waals surface area contributed by atoms with E-state index >= 15 is 0 Å². The van der Waals surface area contributed by atoms with Crippen LogP contribution >= 0.6 is 7.82 Å². The van der Waals surface area contributed by atoms with Gasteiger partial charge in [0.05, 0.1) is 39.9 Å². The van der Waals surface area contributed by atoms with E-state index in [0.29, 0.717) is 17.4 Å². The Morgan fingerprint density at radius 3 is 0.966 bits per heavy atom. The van der Waals surface area contributed by atoms with E-state index in [0.717, 1.165) is 51.4 Å². The van der Waals surface area contributed by atoms with E-state index in [9.17, 15) is 19.4 Å². The summed E-state index contributed by atoms with van der Waals surface area (Å²) < 4.78 is 23.5. The lowest BCUT2D eigenvalue weighted by molar-refractivity contribution is -0.870. The highest BCUT2D eigenvalue weighted by atomic mass is 31.2. The lowest BCUT2D eigenvalue weighted by atomic mass is 10.0. The van der Waals surface area contributed by atoms with Crippen molar-refractivity contribution in [3.8, 4) is 0 Å². The first-order chi connectivity index (χ1) is 42.5. The summed E-state index contributed by atoms with van der Waals surface area (Å²) in [6.45, 7) is 4.70. The molecule has 2 N–H and O–H groups in total.